The minimum absolute atomic E-state index is 0.163. The van der Waals surface area contributed by atoms with Crippen molar-refractivity contribution in [1.29, 1.82) is 0 Å². The van der Waals surface area contributed by atoms with E-state index in [0.29, 0.717) is 19.0 Å². The Hall–Kier alpha value is -1.13. The van der Waals surface area contributed by atoms with Gasteiger partial charge in [0.05, 0.1) is 30.3 Å². The van der Waals surface area contributed by atoms with Crippen LogP contribution in [-0.4, -0.2) is 34.4 Å². The lowest BCUT2D eigenvalue weighted by Crippen LogP contribution is -2.38. The lowest BCUT2D eigenvalue weighted by atomic mass is 9.94. The number of aromatic nitrogens is 1. The summed E-state index contributed by atoms with van der Waals surface area (Å²) in [5.74, 6) is 0. The highest BCUT2D eigenvalue weighted by atomic mass is 16.3. The molecule has 1 fully saturated rings. The molecule has 4 heteroatoms. The zero-order chi connectivity index (χ0) is 14.4. The molecule has 0 amide bonds. The standard InChI is InChI=1S/C16H26N2O2/c1-2-16(20)15-9-8-14(12-17-15)18(10-11-19)13-6-4-3-5-7-13/h8-9,12-13,16,19-20H,2-7,10-11H2,1H3. The van der Waals surface area contributed by atoms with Crippen LogP contribution in [0.1, 0.15) is 57.2 Å². The molecule has 2 rings (SSSR count). The molecule has 112 valence electrons. The van der Waals surface area contributed by atoms with Gasteiger partial charge >= 0.3 is 0 Å². The third kappa shape index (κ3) is 3.70. The van der Waals surface area contributed by atoms with E-state index in [9.17, 15) is 10.2 Å². The highest BCUT2D eigenvalue weighted by Gasteiger charge is 2.21. The van der Waals surface area contributed by atoms with Crippen LogP contribution in [0.3, 0.4) is 0 Å². The molecule has 0 radical (unpaired) electrons. The van der Waals surface area contributed by atoms with E-state index in [4.69, 9.17) is 0 Å². The second-order valence-corrected chi connectivity index (χ2v) is 5.57. The van der Waals surface area contributed by atoms with E-state index >= 15 is 0 Å². The molecule has 2 N–H and O–H groups in total. The number of anilines is 1. The minimum Gasteiger partial charge on any atom is -0.395 e. The molecule has 1 saturated carbocycles. The maximum Gasteiger partial charge on any atom is 0.0957 e. The second kappa shape index (κ2) is 7.60. The van der Waals surface area contributed by atoms with Gasteiger partial charge in [-0.25, -0.2) is 0 Å². The molecule has 0 aromatic carbocycles. The van der Waals surface area contributed by atoms with Crippen molar-refractivity contribution in [3.63, 3.8) is 0 Å². The molecule has 0 saturated heterocycles. The largest absolute Gasteiger partial charge is 0.395 e. The van der Waals surface area contributed by atoms with Gasteiger partial charge in [0.1, 0.15) is 0 Å². The third-order valence-electron chi connectivity index (χ3n) is 4.19. The first-order valence-corrected chi connectivity index (χ1v) is 7.77. The molecular formula is C16H26N2O2. The van der Waals surface area contributed by atoms with E-state index in [2.05, 4.69) is 9.88 Å². The van der Waals surface area contributed by atoms with E-state index in [1.807, 2.05) is 25.3 Å². The molecule has 1 aliphatic carbocycles. The van der Waals surface area contributed by atoms with E-state index in [1.54, 1.807) is 0 Å². The van der Waals surface area contributed by atoms with E-state index < -0.39 is 6.10 Å². The van der Waals surface area contributed by atoms with Crippen LogP contribution in [-0.2, 0) is 0 Å². The highest BCUT2D eigenvalue weighted by molar-refractivity contribution is 5.46. The fraction of sp³-hybridized carbons (Fsp3) is 0.688. The molecule has 1 aliphatic rings. The Kier molecular flexibility index (Phi) is 5.80. The summed E-state index contributed by atoms with van der Waals surface area (Å²) in [6, 6.07) is 4.43. The number of rotatable bonds is 6. The Bertz CT molecular complexity index is 388. The first-order valence-electron chi connectivity index (χ1n) is 7.77. The second-order valence-electron chi connectivity index (χ2n) is 5.57. The number of pyridine rings is 1. The predicted molar refractivity (Wildman–Crippen MR) is 80.8 cm³/mol. The Labute approximate surface area is 121 Å². The lowest BCUT2D eigenvalue weighted by molar-refractivity contribution is 0.169. The molecule has 20 heavy (non-hydrogen) atoms. The Balaban J connectivity index is 2.11. The van der Waals surface area contributed by atoms with Crippen molar-refractivity contribution in [1.82, 2.24) is 4.98 Å². The van der Waals surface area contributed by atoms with Gasteiger partial charge in [0.25, 0.3) is 0 Å². The zero-order valence-corrected chi connectivity index (χ0v) is 12.3. The number of aliphatic hydroxyl groups excluding tert-OH is 2. The molecule has 0 aliphatic heterocycles. The van der Waals surface area contributed by atoms with Crippen LogP contribution >= 0.6 is 0 Å². The Morgan fingerprint density at radius 2 is 2.05 bits per heavy atom. The third-order valence-corrected chi connectivity index (χ3v) is 4.19. The fourth-order valence-corrected chi connectivity index (χ4v) is 3.00. The average molecular weight is 278 g/mol. The van der Waals surface area contributed by atoms with Gasteiger partial charge in [-0.1, -0.05) is 26.2 Å². The van der Waals surface area contributed by atoms with Crippen molar-refractivity contribution in [2.24, 2.45) is 0 Å². The summed E-state index contributed by atoms with van der Waals surface area (Å²) in [6.45, 7) is 2.76. The monoisotopic (exact) mass is 278 g/mol. The van der Waals surface area contributed by atoms with Crippen LogP contribution in [0.15, 0.2) is 18.3 Å². The number of aliphatic hydroxyl groups is 2. The number of hydrogen-bond donors (Lipinski definition) is 2. The van der Waals surface area contributed by atoms with E-state index in [-0.39, 0.29) is 6.61 Å². The van der Waals surface area contributed by atoms with Crippen molar-refractivity contribution in [2.45, 2.75) is 57.6 Å². The van der Waals surface area contributed by atoms with Crippen LogP contribution in [0.5, 0.6) is 0 Å². The van der Waals surface area contributed by atoms with Crippen molar-refractivity contribution in [2.75, 3.05) is 18.1 Å². The maximum absolute atomic E-state index is 9.79. The van der Waals surface area contributed by atoms with Gasteiger partial charge in [-0.3, -0.25) is 4.98 Å². The molecule has 1 unspecified atom stereocenters. The molecule has 0 bridgehead atoms. The SMILES string of the molecule is CCC(O)c1ccc(N(CCO)C2CCCCC2)cn1. The normalized spacial score (nSPS) is 17.9. The van der Waals surface area contributed by atoms with Crippen LogP contribution in [0.4, 0.5) is 5.69 Å². The van der Waals surface area contributed by atoms with Gasteiger partial charge in [0, 0.05) is 12.6 Å². The first-order chi connectivity index (χ1) is 9.76. The summed E-state index contributed by atoms with van der Waals surface area (Å²) < 4.78 is 0. The van der Waals surface area contributed by atoms with Gasteiger partial charge < -0.3 is 15.1 Å². The molecule has 4 nitrogen and oxygen atoms in total. The highest BCUT2D eigenvalue weighted by Crippen LogP contribution is 2.27. The van der Waals surface area contributed by atoms with E-state index in [1.165, 1.54) is 32.1 Å². The van der Waals surface area contributed by atoms with Crippen molar-refractivity contribution in [3.05, 3.63) is 24.0 Å². The lowest BCUT2D eigenvalue weighted by Gasteiger charge is -2.35. The summed E-state index contributed by atoms with van der Waals surface area (Å²) in [4.78, 5) is 6.65. The van der Waals surface area contributed by atoms with Crippen molar-refractivity contribution < 1.29 is 10.2 Å². The maximum atomic E-state index is 9.79. The van der Waals surface area contributed by atoms with Gasteiger partial charge in [-0.15, -0.1) is 0 Å². The Morgan fingerprint density at radius 1 is 1.30 bits per heavy atom. The zero-order valence-electron chi connectivity index (χ0n) is 12.3. The Morgan fingerprint density at radius 3 is 2.60 bits per heavy atom. The van der Waals surface area contributed by atoms with Gasteiger partial charge in [0.15, 0.2) is 0 Å². The van der Waals surface area contributed by atoms with Gasteiger partial charge in [-0.2, -0.15) is 0 Å². The summed E-state index contributed by atoms with van der Waals surface area (Å²) in [7, 11) is 0. The first kappa shape index (κ1) is 15.3. The van der Waals surface area contributed by atoms with E-state index in [0.717, 1.165) is 11.4 Å². The summed E-state index contributed by atoms with van der Waals surface area (Å²) in [5, 5.41) is 19.1. The molecule has 1 aromatic heterocycles. The summed E-state index contributed by atoms with van der Waals surface area (Å²) in [6.07, 6.45) is 8.28. The average Bonchev–Trinajstić information content (AvgIpc) is 2.53. The quantitative estimate of drug-likeness (QED) is 0.840. The topological polar surface area (TPSA) is 56.6 Å². The molecule has 1 atom stereocenters. The van der Waals surface area contributed by atoms with Crippen LogP contribution in [0.2, 0.25) is 0 Å². The van der Waals surface area contributed by atoms with Crippen LogP contribution in [0, 0.1) is 0 Å². The molecule has 1 heterocycles. The predicted octanol–water partition coefficient (Wildman–Crippen LogP) is 2.66. The van der Waals surface area contributed by atoms with Crippen LogP contribution < -0.4 is 4.90 Å². The van der Waals surface area contributed by atoms with Crippen molar-refractivity contribution >= 4 is 5.69 Å². The summed E-state index contributed by atoms with van der Waals surface area (Å²) in [5.41, 5.74) is 1.78. The molecule has 1 aromatic rings. The molecule has 0 spiro atoms. The van der Waals surface area contributed by atoms with Gasteiger partial charge in [-0.05, 0) is 31.4 Å². The summed E-state index contributed by atoms with van der Waals surface area (Å²) >= 11 is 0. The molecular weight excluding hydrogens is 252 g/mol. The van der Waals surface area contributed by atoms with Gasteiger partial charge in [0.2, 0.25) is 0 Å². The number of hydrogen-bond acceptors (Lipinski definition) is 4. The van der Waals surface area contributed by atoms with Crippen LogP contribution in [0.25, 0.3) is 0 Å². The fourth-order valence-electron chi connectivity index (χ4n) is 3.00. The van der Waals surface area contributed by atoms with Crippen molar-refractivity contribution in [3.8, 4) is 0 Å². The number of nitrogens with zero attached hydrogens (tertiary/aromatic N) is 2. The minimum atomic E-state index is -0.481. The smallest absolute Gasteiger partial charge is 0.0957 e.